The molecule has 1 rings (SSSR count). The van der Waals surface area contributed by atoms with Crippen molar-refractivity contribution in [3.63, 3.8) is 0 Å². The summed E-state index contributed by atoms with van der Waals surface area (Å²) in [5.41, 5.74) is 4.61. The highest BCUT2D eigenvalue weighted by molar-refractivity contribution is 5.72. The first-order valence-electron chi connectivity index (χ1n) is 6.50. The molecular weight excluding hydrogens is 240 g/mol. The molecule has 3 nitrogen and oxygen atoms in total. The molecule has 1 aromatic carbocycles. The van der Waals surface area contributed by atoms with Gasteiger partial charge in [0.15, 0.2) is 0 Å². The van der Waals surface area contributed by atoms with Crippen LogP contribution in [0.1, 0.15) is 42.9 Å². The first-order chi connectivity index (χ1) is 8.95. The zero-order valence-electron chi connectivity index (χ0n) is 12.1. The topological polar surface area (TPSA) is 46.5 Å². The summed E-state index contributed by atoms with van der Waals surface area (Å²) in [6.45, 7) is 6.16. The Morgan fingerprint density at radius 1 is 1.37 bits per heavy atom. The van der Waals surface area contributed by atoms with Crippen LogP contribution in [0.5, 0.6) is 5.75 Å². The molecule has 0 aromatic heterocycles. The van der Waals surface area contributed by atoms with E-state index in [9.17, 15) is 4.79 Å². The lowest BCUT2D eigenvalue weighted by Crippen LogP contribution is -1.95. The van der Waals surface area contributed by atoms with Crippen LogP contribution in [0.4, 0.5) is 0 Å². The number of aliphatic carboxylic acids is 1. The van der Waals surface area contributed by atoms with Crippen LogP contribution in [0, 0.1) is 13.8 Å². The quantitative estimate of drug-likeness (QED) is 0.789. The van der Waals surface area contributed by atoms with Crippen molar-refractivity contribution in [1.29, 1.82) is 0 Å². The summed E-state index contributed by atoms with van der Waals surface area (Å²) in [5, 5.41) is 8.61. The molecule has 0 atom stereocenters. The number of hydrogen-bond acceptors (Lipinski definition) is 2. The fraction of sp³-hybridized carbons (Fsp3) is 0.438. The third-order valence-corrected chi connectivity index (χ3v) is 3.10. The molecule has 0 bridgehead atoms. The molecule has 0 fully saturated rings. The Hall–Kier alpha value is -1.77. The standard InChI is InChI=1S/C16H22O3/c1-11-9-13(3)16(14(10-11)19-4)12(2)7-5-6-8-15(17)18/h7,9-10H,5-6,8H2,1-4H3,(H,17,18)/b12-7+. The molecule has 0 saturated heterocycles. The van der Waals surface area contributed by atoms with E-state index >= 15 is 0 Å². The number of allylic oxidation sites excluding steroid dienone is 2. The molecule has 0 amide bonds. The lowest BCUT2D eigenvalue weighted by atomic mass is 9.97. The highest BCUT2D eigenvalue weighted by atomic mass is 16.5. The number of ether oxygens (including phenoxy) is 1. The minimum atomic E-state index is -0.741. The lowest BCUT2D eigenvalue weighted by Gasteiger charge is -2.13. The Morgan fingerprint density at radius 2 is 2.05 bits per heavy atom. The molecule has 0 spiro atoms. The molecule has 3 heteroatoms. The Morgan fingerprint density at radius 3 is 2.63 bits per heavy atom. The molecule has 0 aliphatic rings. The maximum atomic E-state index is 10.5. The molecule has 0 aliphatic heterocycles. The molecule has 1 N–H and O–H groups in total. The van der Waals surface area contributed by atoms with E-state index in [4.69, 9.17) is 9.84 Å². The summed E-state index contributed by atoms with van der Waals surface area (Å²) < 4.78 is 5.44. The van der Waals surface area contributed by atoms with Gasteiger partial charge in [-0.1, -0.05) is 12.1 Å². The molecule has 0 aliphatic carbocycles. The van der Waals surface area contributed by atoms with Crippen LogP contribution in [-0.2, 0) is 4.79 Å². The van der Waals surface area contributed by atoms with Crippen LogP contribution in [0.3, 0.4) is 0 Å². The monoisotopic (exact) mass is 262 g/mol. The van der Waals surface area contributed by atoms with Crippen molar-refractivity contribution in [2.75, 3.05) is 7.11 Å². The number of hydrogen-bond donors (Lipinski definition) is 1. The fourth-order valence-corrected chi connectivity index (χ4v) is 2.27. The molecule has 0 saturated carbocycles. The number of benzene rings is 1. The van der Waals surface area contributed by atoms with E-state index < -0.39 is 5.97 Å². The highest BCUT2D eigenvalue weighted by Gasteiger charge is 2.09. The van der Waals surface area contributed by atoms with Gasteiger partial charge in [0.25, 0.3) is 0 Å². The third-order valence-electron chi connectivity index (χ3n) is 3.10. The first-order valence-corrected chi connectivity index (χ1v) is 6.50. The molecule has 0 radical (unpaired) electrons. The third kappa shape index (κ3) is 4.43. The number of aryl methyl sites for hydroxylation is 2. The Bertz CT molecular complexity index is 487. The summed E-state index contributed by atoms with van der Waals surface area (Å²) in [4.78, 5) is 10.5. The molecule has 0 heterocycles. The summed E-state index contributed by atoms with van der Waals surface area (Å²) in [6.07, 6.45) is 3.74. The zero-order valence-corrected chi connectivity index (χ0v) is 12.1. The zero-order chi connectivity index (χ0) is 14.4. The van der Waals surface area contributed by atoms with Gasteiger partial charge in [-0.3, -0.25) is 4.79 Å². The van der Waals surface area contributed by atoms with E-state index in [-0.39, 0.29) is 6.42 Å². The predicted molar refractivity (Wildman–Crippen MR) is 77.6 cm³/mol. The smallest absolute Gasteiger partial charge is 0.303 e. The van der Waals surface area contributed by atoms with Crippen molar-refractivity contribution < 1.29 is 14.6 Å². The Balaban J connectivity index is 2.89. The molecule has 19 heavy (non-hydrogen) atoms. The summed E-state index contributed by atoms with van der Waals surface area (Å²) in [6, 6.07) is 4.16. The van der Waals surface area contributed by atoms with Gasteiger partial charge < -0.3 is 9.84 Å². The second-order valence-electron chi connectivity index (χ2n) is 4.83. The Kier molecular flexibility index (Phi) is 5.61. The largest absolute Gasteiger partial charge is 0.496 e. The van der Waals surface area contributed by atoms with Crippen LogP contribution in [0.25, 0.3) is 5.57 Å². The summed E-state index contributed by atoms with van der Waals surface area (Å²) >= 11 is 0. The highest BCUT2D eigenvalue weighted by Crippen LogP contribution is 2.30. The van der Waals surface area contributed by atoms with Gasteiger partial charge in [-0.25, -0.2) is 0 Å². The second-order valence-corrected chi connectivity index (χ2v) is 4.83. The van der Waals surface area contributed by atoms with Crippen LogP contribution in [-0.4, -0.2) is 18.2 Å². The molecule has 1 aromatic rings. The van der Waals surface area contributed by atoms with Crippen LogP contribution >= 0.6 is 0 Å². The van der Waals surface area contributed by atoms with Gasteiger partial charge in [-0.05, 0) is 56.4 Å². The van der Waals surface area contributed by atoms with Gasteiger partial charge in [-0.2, -0.15) is 0 Å². The van der Waals surface area contributed by atoms with Gasteiger partial charge >= 0.3 is 5.97 Å². The van der Waals surface area contributed by atoms with Gasteiger partial charge in [0, 0.05) is 12.0 Å². The van der Waals surface area contributed by atoms with E-state index in [1.54, 1.807) is 7.11 Å². The SMILES string of the molecule is COc1cc(C)cc(C)c1/C(C)=C/CCCC(=O)O. The van der Waals surface area contributed by atoms with Crippen LogP contribution in [0.15, 0.2) is 18.2 Å². The maximum absolute atomic E-state index is 10.5. The number of methoxy groups -OCH3 is 1. The summed E-state index contributed by atoms with van der Waals surface area (Å²) in [5.74, 6) is 0.139. The fourth-order valence-electron chi connectivity index (χ4n) is 2.27. The van der Waals surface area contributed by atoms with Gasteiger partial charge in [-0.15, -0.1) is 0 Å². The van der Waals surface area contributed by atoms with E-state index in [2.05, 4.69) is 19.1 Å². The second kappa shape index (κ2) is 6.98. The van der Waals surface area contributed by atoms with E-state index in [0.717, 1.165) is 23.3 Å². The van der Waals surface area contributed by atoms with E-state index in [1.165, 1.54) is 11.1 Å². The molecule has 0 unspecified atom stereocenters. The minimum absolute atomic E-state index is 0.216. The van der Waals surface area contributed by atoms with Gasteiger partial charge in [0.05, 0.1) is 7.11 Å². The first kappa shape index (κ1) is 15.3. The van der Waals surface area contributed by atoms with Crippen LogP contribution < -0.4 is 4.74 Å². The van der Waals surface area contributed by atoms with E-state index in [0.29, 0.717) is 6.42 Å². The minimum Gasteiger partial charge on any atom is -0.496 e. The maximum Gasteiger partial charge on any atom is 0.303 e. The van der Waals surface area contributed by atoms with E-state index in [1.807, 2.05) is 19.9 Å². The summed E-state index contributed by atoms with van der Waals surface area (Å²) in [7, 11) is 1.68. The molecular formula is C16H22O3. The van der Waals surface area contributed by atoms with Gasteiger partial charge in [0.2, 0.25) is 0 Å². The average Bonchev–Trinajstić information content (AvgIpc) is 2.33. The number of carboxylic acids is 1. The predicted octanol–water partition coefficient (Wildman–Crippen LogP) is 3.97. The Labute approximate surface area is 114 Å². The normalized spacial score (nSPS) is 11.5. The molecule has 104 valence electrons. The van der Waals surface area contributed by atoms with Crippen LogP contribution in [0.2, 0.25) is 0 Å². The van der Waals surface area contributed by atoms with Crippen molar-refractivity contribution in [3.8, 4) is 5.75 Å². The number of carbonyl (C=O) groups is 1. The van der Waals surface area contributed by atoms with Crippen molar-refractivity contribution in [2.45, 2.75) is 40.0 Å². The average molecular weight is 262 g/mol. The van der Waals surface area contributed by atoms with Gasteiger partial charge in [0.1, 0.15) is 5.75 Å². The number of unbranched alkanes of at least 4 members (excludes halogenated alkanes) is 1. The van der Waals surface area contributed by atoms with Crippen molar-refractivity contribution in [2.24, 2.45) is 0 Å². The number of carboxylic acid groups (broad SMARTS) is 1. The van der Waals surface area contributed by atoms with Crippen molar-refractivity contribution >= 4 is 11.5 Å². The number of rotatable bonds is 6. The van der Waals surface area contributed by atoms with Crippen molar-refractivity contribution in [3.05, 3.63) is 34.9 Å². The lowest BCUT2D eigenvalue weighted by molar-refractivity contribution is -0.137. The van der Waals surface area contributed by atoms with Crippen molar-refractivity contribution in [1.82, 2.24) is 0 Å².